The fourth-order valence-electron chi connectivity index (χ4n) is 4.68. The van der Waals surface area contributed by atoms with Crippen molar-refractivity contribution in [3.63, 3.8) is 0 Å². The highest BCUT2D eigenvalue weighted by Gasteiger charge is 2.35. The van der Waals surface area contributed by atoms with Crippen LogP contribution in [0, 0.1) is 19.8 Å². The first-order chi connectivity index (χ1) is 13.6. The minimum Gasteiger partial charge on any atom is -0.368 e. The van der Waals surface area contributed by atoms with Gasteiger partial charge in [0.25, 0.3) is 0 Å². The van der Waals surface area contributed by atoms with Crippen molar-refractivity contribution in [2.75, 3.05) is 44.2 Å². The maximum absolute atomic E-state index is 13.4. The van der Waals surface area contributed by atoms with Gasteiger partial charge in [-0.25, -0.2) is 0 Å². The summed E-state index contributed by atoms with van der Waals surface area (Å²) in [6.07, 6.45) is 1.03. The van der Waals surface area contributed by atoms with E-state index in [9.17, 15) is 4.79 Å². The summed E-state index contributed by atoms with van der Waals surface area (Å²) < 4.78 is 0. The number of amides is 1. The van der Waals surface area contributed by atoms with Crippen molar-refractivity contribution in [3.05, 3.63) is 65.2 Å². The number of aryl methyl sites for hydroxylation is 2. The van der Waals surface area contributed by atoms with Crippen LogP contribution in [0.3, 0.4) is 0 Å². The lowest BCUT2D eigenvalue weighted by Gasteiger charge is -2.40. The van der Waals surface area contributed by atoms with Crippen LogP contribution in [0.5, 0.6) is 0 Å². The van der Waals surface area contributed by atoms with Gasteiger partial charge in [0, 0.05) is 38.4 Å². The smallest absolute Gasteiger partial charge is 0.227 e. The fraction of sp³-hybridized carbons (Fsp3) is 0.458. The molecule has 1 N–H and O–H groups in total. The van der Waals surface area contributed by atoms with Gasteiger partial charge in [-0.2, -0.15) is 0 Å². The second-order valence-electron chi connectivity index (χ2n) is 8.22. The van der Waals surface area contributed by atoms with E-state index in [0.29, 0.717) is 11.8 Å². The number of nitrogens with zero attached hydrogens (tertiary/aromatic N) is 2. The number of benzene rings is 2. The minimum absolute atomic E-state index is 0.0448. The lowest BCUT2D eigenvalue weighted by atomic mass is 9.80. The zero-order chi connectivity index (χ0) is 19.5. The molecule has 1 amide bonds. The molecule has 0 saturated carbocycles. The molecule has 2 saturated heterocycles. The molecular formula is C24H31N3O. The number of carbonyl (C=O) groups excluding carboxylic acids is 1. The second-order valence-corrected chi connectivity index (χ2v) is 8.22. The first-order valence-corrected chi connectivity index (χ1v) is 10.5. The van der Waals surface area contributed by atoms with Crippen molar-refractivity contribution in [2.24, 2.45) is 5.92 Å². The Bertz CT molecular complexity index is 812. The Hall–Kier alpha value is -2.33. The van der Waals surface area contributed by atoms with Crippen molar-refractivity contribution in [3.8, 4) is 0 Å². The maximum atomic E-state index is 13.4. The average Bonchev–Trinajstić information content (AvgIpc) is 2.76. The Morgan fingerprint density at radius 3 is 2.50 bits per heavy atom. The summed E-state index contributed by atoms with van der Waals surface area (Å²) in [6.45, 7) is 9.53. The van der Waals surface area contributed by atoms with Crippen LogP contribution in [-0.4, -0.2) is 50.1 Å². The highest BCUT2D eigenvalue weighted by atomic mass is 16.2. The number of nitrogens with one attached hydrogen (secondary N) is 1. The molecule has 148 valence electrons. The van der Waals surface area contributed by atoms with Gasteiger partial charge in [-0.15, -0.1) is 0 Å². The summed E-state index contributed by atoms with van der Waals surface area (Å²) in [7, 11) is 0. The molecule has 0 unspecified atom stereocenters. The molecule has 28 heavy (non-hydrogen) atoms. The van der Waals surface area contributed by atoms with Gasteiger partial charge < -0.3 is 15.1 Å². The third-order valence-electron chi connectivity index (χ3n) is 6.32. The van der Waals surface area contributed by atoms with Gasteiger partial charge in [0.1, 0.15) is 0 Å². The van der Waals surface area contributed by atoms with Crippen molar-refractivity contribution < 1.29 is 4.79 Å². The molecule has 0 spiro atoms. The Kier molecular flexibility index (Phi) is 5.67. The van der Waals surface area contributed by atoms with Gasteiger partial charge in [-0.1, -0.05) is 42.5 Å². The number of piperidine rings is 1. The molecule has 0 radical (unpaired) electrons. The molecule has 4 rings (SSSR count). The summed E-state index contributed by atoms with van der Waals surface area (Å²) in [5, 5.41) is 3.44. The van der Waals surface area contributed by atoms with E-state index in [1.54, 1.807) is 0 Å². The molecule has 4 nitrogen and oxygen atoms in total. The molecule has 2 aliphatic heterocycles. The van der Waals surface area contributed by atoms with Crippen LogP contribution in [0.1, 0.15) is 29.0 Å². The summed E-state index contributed by atoms with van der Waals surface area (Å²) in [4.78, 5) is 17.9. The molecule has 2 atom stereocenters. The Labute approximate surface area is 168 Å². The molecule has 0 aliphatic carbocycles. The van der Waals surface area contributed by atoms with Crippen LogP contribution < -0.4 is 10.2 Å². The molecule has 0 bridgehead atoms. The van der Waals surface area contributed by atoms with Crippen LogP contribution in [0.4, 0.5) is 5.69 Å². The summed E-state index contributed by atoms with van der Waals surface area (Å²) in [6, 6.07) is 17.2. The Morgan fingerprint density at radius 1 is 1.00 bits per heavy atom. The van der Waals surface area contributed by atoms with Crippen molar-refractivity contribution in [1.29, 1.82) is 0 Å². The molecule has 2 heterocycles. The average molecular weight is 378 g/mol. The molecule has 2 aromatic carbocycles. The first-order valence-electron chi connectivity index (χ1n) is 10.5. The maximum Gasteiger partial charge on any atom is 0.227 e. The van der Waals surface area contributed by atoms with Gasteiger partial charge in [0.15, 0.2) is 0 Å². The summed E-state index contributed by atoms with van der Waals surface area (Å²) >= 11 is 0. The number of hydrogen-bond acceptors (Lipinski definition) is 3. The van der Waals surface area contributed by atoms with E-state index in [1.807, 2.05) is 6.07 Å². The molecule has 2 fully saturated rings. The summed E-state index contributed by atoms with van der Waals surface area (Å²) in [5.74, 6) is 0.692. The molecule has 4 heteroatoms. The van der Waals surface area contributed by atoms with Crippen LogP contribution in [0.2, 0.25) is 0 Å². The number of hydrogen-bond donors (Lipinski definition) is 1. The third kappa shape index (κ3) is 3.93. The Balaban J connectivity index is 1.43. The highest BCUT2D eigenvalue weighted by Crippen LogP contribution is 2.32. The first kappa shape index (κ1) is 19.0. The zero-order valence-electron chi connectivity index (χ0n) is 17.0. The van der Waals surface area contributed by atoms with Gasteiger partial charge in [-0.05, 0) is 55.5 Å². The zero-order valence-corrected chi connectivity index (χ0v) is 17.0. The Morgan fingerprint density at radius 2 is 1.75 bits per heavy atom. The number of carbonyl (C=O) groups is 1. The summed E-state index contributed by atoms with van der Waals surface area (Å²) in [5.41, 5.74) is 5.22. The van der Waals surface area contributed by atoms with Gasteiger partial charge in [0.05, 0.1) is 5.92 Å². The quantitative estimate of drug-likeness (QED) is 0.891. The molecule has 0 aromatic heterocycles. The lowest BCUT2D eigenvalue weighted by Crippen LogP contribution is -2.53. The van der Waals surface area contributed by atoms with E-state index in [2.05, 4.69) is 71.4 Å². The van der Waals surface area contributed by atoms with Crippen molar-refractivity contribution in [2.45, 2.75) is 26.2 Å². The topological polar surface area (TPSA) is 35.6 Å². The second kappa shape index (κ2) is 8.36. The largest absolute Gasteiger partial charge is 0.368 e. The third-order valence-corrected chi connectivity index (χ3v) is 6.32. The van der Waals surface area contributed by atoms with Gasteiger partial charge >= 0.3 is 0 Å². The van der Waals surface area contributed by atoms with E-state index >= 15 is 0 Å². The normalized spacial score (nSPS) is 22.9. The fourth-order valence-corrected chi connectivity index (χ4v) is 4.68. The molecule has 2 aliphatic rings. The van der Waals surface area contributed by atoms with E-state index in [4.69, 9.17) is 0 Å². The SMILES string of the molecule is Cc1ccc(C)c(N2CCN(C(=O)[C@H]3CNCC[C@H]3c3ccccc3)CC2)c1. The standard InChI is InChI=1S/C24H31N3O/c1-18-8-9-19(2)23(16-18)26-12-14-27(15-13-26)24(28)22-17-25-11-10-21(22)20-6-4-3-5-7-20/h3-9,16,21-22,25H,10-15,17H2,1-2H3/t21-,22-/m0/s1. The molecule has 2 aromatic rings. The predicted octanol–water partition coefficient (Wildman–Crippen LogP) is 3.35. The van der Waals surface area contributed by atoms with E-state index < -0.39 is 0 Å². The molecular weight excluding hydrogens is 346 g/mol. The van der Waals surface area contributed by atoms with Gasteiger partial charge in [0.2, 0.25) is 5.91 Å². The van der Waals surface area contributed by atoms with Crippen LogP contribution >= 0.6 is 0 Å². The monoisotopic (exact) mass is 377 g/mol. The van der Waals surface area contributed by atoms with Crippen LogP contribution in [0.25, 0.3) is 0 Å². The van der Waals surface area contributed by atoms with E-state index in [1.165, 1.54) is 22.4 Å². The van der Waals surface area contributed by atoms with E-state index in [-0.39, 0.29) is 5.92 Å². The van der Waals surface area contributed by atoms with E-state index in [0.717, 1.165) is 45.7 Å². The highest BCUT2D eigenvalue weighted by molar-refractivity contribution is 5.80. The van der Waals surface area contributed by atoms with Gasteiger partial charge in [-0.3, -0.25) is 4.79 Å². The van der Waals surface area contributed by atoms with Crippen molar-refractivity contribution >= 4 is 11.6 Å². The number of rotatable bonds is 3. The minimum atomic E-state index is 0.0448. The van der Waals surface area contributed by atoms with Crippen LogP contribution in [-0.2, 0) is 4.79 Å². The lowest BCUT2D eigenvalue weighted by molar-refractivity contribution is -0.137. The predicted molar refractivity (Wildman–Crippen MR) is 115 cm³/mol. The van der Waals surface area contributed by atoms with Crippen molar-refractivity contribution in [1.82, 2.24) is 10.2 Å². The number of anilines is 1. The van der Waals surface area contributed by atoms with Crippen LogP contribution in [0.15, 0.2) is 48.5 Å². The number of piperazine rings is 1.